The van der Waals surface area contributed by atoms with Crippen LogP contribution in [0.4, 0.5) is 17.3 Å². The van der Waals surface area contributed by atoms with Crippen LogP contribution in [0.15, 0.2) is 35.6 Å². The largest absolute Gasteiger partial charge is 0.323 e. The van der Waals surface area contributed by atoms with Crippen molar-refractivity contribution in [3.05, 3.63) is 45.9 Å². The van der Waals surface area contributed by atoms with Gasteiger partial charge in [-0.3, -0.25) is 0 Å². The maximum Gasteiger partial charge on any atom is 0.161 e. The first kappa shape index (κ1) is 11.5. The molecule has 1 N–H and O–H groups in total. The minimum Gasteiger partial charge on any atom is -0.323 e. The zero-order valence-electron chi connectivity index (χ0n) is 10.2. The Labute approximate surface area is 109 Å². The molecule has 0 aromatic carbocycles. The van der Waals surface area contributed by atoms with Crippen LogP contribution < -0.4 is 15.9 Å². The van der Waals surface area contributed by atoms with Crippen molar-refractivity contribution in [2.75, 3.05) is 5.32 Å². The van der Waals surface area contributed by atoms with Crippen LogP contribution in [0.3, 0.4) is 0 Å². The number of nitroso groups, excluding NO2 is 1. The Balaban J connectivity index is 1.98. The number of hydrogen-bond donors (Lipinski definition) is 1. The predicted octanol–water partition coefficient (Wildman–Crippen LogP) is 1.97. The van der Waals surface area contributed by atoms with E-state index in [4.69, 9.17) is 0 Å². The number of pyridine rings is 2. The molecule has 2 aromatic rings. The third-order valence-corrected chi connectivity index (χ3v) is 2.96. The Bertz CT molecular complexity index is 739. The van der Waals surface area contributed by atoms with E-state index in [-0.39, 0.29) is 5.69 Å². The first-order valence-electron chi connectivity index (χ1n) is 6.10. The number of anilines is 2. The van der Waals surface area contributed by atoms with Crippen LogP contribution in [0.5, 0.6) is 0 Å². The van der Waals surface area contributed by atoms with E-state index in [2.05, 4.69) is 32.6 Å². The van der Waals surface area contributed by atoms with Gasteiger partial charge in [-0.05, 0) is 47.5 Å². The van der Waals surface area contributed by atoms with Gasteiger partial charge in [-0.2, -0.15) is 0 Å². The molecule has 0 radical (unpaired) electrons. The highest BCUT2D eigenvalue weighted by Gasteiger charge is 2.05. The van der Waals surface area contributed by atoms with Crippen LogP contribution in [0.1, 0.15) is 12.8 Å². The van der Waals surface area contributed by atoms with E-state index < -0.39 is 0 Å². The Morgan fingerprint density at radius 1 is 1.16 bits per heavy atom. The van der Waals surface area contributed by atoms with Crippen LogP contribution in [0.2, 0.25) is 0 Å². The molecule has 0 aliphatic heterocycles. The smallest absolute Gasteiger partial charge is 0.161 e. The fourth-order valence-electron chi connectivity index (χ4n) is 2.04. The van der Waals surface area contributed by atoms with E-state index in [0.717, 1.165) is 23.4 Å². The Morgan fingerprint density at radius 3 is 2.95 bits per heavy atom. The van der Waals surface area contributed by atoms with Crippen LogP contribution in [-0.4, -0.2) is 9.97 Å². The van der Waals surface area contributed by atoms with Crippen LogP contribution >= 0.6 is 0 Å². The summed E-state index contributed by atoms with van der Waals surface area (Å²) in [6, 6.07) is 7.17. The maximum absolute atomic E-state index is 10.7. The van der Waals surface area contributed by atoms with Crippen molar-refractivity contribution in [1.82, 2.24) is 9.97 Å². The van der Waals surface area contributed by atoms with Crippen LogP contribution in [0.25, 0.3) is 12.2 Å². The molecule has 0 amide bonds. The van der Waals surface area contributed by atoms with Crippen LogP contribution in [-0.2, 0) is 0 Å². The van der Waals surface area contributed by atoms with Gasteiger partial charge in [0.25, 0.3) is 0 Å². The summed E-state index contributed by atoms with van der Waals surface area (Å²) in [5.41, 5.74) is 0.276. The van der Waals surface area contributed by atoms with Crippen molar-refractivity contribution in [3.63, 3.8) is 0 Å². The van der Waals surface area contributed by atoms with E-state index in [1.54, 1.807) is 18.3 Å². The van der Waals surface area contributed by atoms with Crippen molar-refractivity contribution < 1.29 is 0 Å². The zero-order valence-corrected chi connectivity index (χ0v) is 10.2. The normalized spacial score (nSPS) is 12.8. The summed E-state index contributed by atoms with van der Waals surface area (Å²) in [7, 11) is 0. The molecule has 2 aromatic heterocycles. The Morgan fingerprint density at radius 2 is 2.05 bits per heavy atom. The quantitative estimate of drug-likeness (QED) is 0.848. The standard InChI is InChI=1S/C14H12N4O/c19-18-12-6-3-9-15-14(12)17-13-8-7-10-4-1-2-5-11(10)16-13/h3-9H,1-2H2,(H,15,16,17). The molecule has 3 rings (SSSR count). The number of nitrogens with one attached hydrogen (secondary N) is 1. The summed E-state index contributed by atoms with van der Waals surface area (Å²) in [5.74, 6) is 1.08. The summed E-state index contributed by atoms with van der Waals surface area (Å²) >= 11 is 0. The lowest BCUT2D eigenvalue weighted by molar-refractivity contribution is 1.08. The molecule has 1 aliphatic rings. The summed E-state index contributed by atoms with van der Waals surface area (Å²) in [6.07, 6.45) is 7.95. The number of nitrogens with zero attached hydrogens (tertiary/aromatic N) is 3. The van der Waals surface area contributed by atoms with E-state index in [1.807, 2.05) is 12.1 Å². The predicted molar refractivity (Wildman–Crippen MR) is 74.6 cm³/mol. The first-order valence-corrected chi connectivity index (χ1v) is 6.10. The lowest BCUT2D eigenvalue weighted by atomic mass is 10.1. The highest BCUT2D eigenvalue weighted by molar-refractivity contribution is 5.65. The second-order valence-corrected chi connectivity index (χ2v) is 4.24. The van der Waals surface area contributed by atoms with Crippen molar-refractivity contribution in [3.8, 4) is 0 Å². The third-order valence-electron chi connectivity index (χ3n) is 2.96. The molecule has 2 heterocycles. The van der Waals surface area contributed by atoms with Crippen molar-refractivity contribution in [1.29, 1.82) is 0 Å². The summed E-state index contributed by atoms with van der Waals surface area (Å²) in [6.45, 7) is 0. The Hall–Kier alpha value is -2.56. The second kappa shape index (κ2) is 4.97. The molecule has 0 saturated carbocycles. The molecule has 5 heteroatoms. The summed E-state index contributed by atoms with van der Waals surface area (Å²) in [4.78, 5) is 19.3. The van der Waals surface area contributed by atoms with Gasteiger partial charge in [0.1, 0.15) is 5.82 Å². The summed E-state index contributed by atoms with van der Waals surface area (Å²) in [5, 5.41) is 8.07. The molecule has 0 bridgehead atoms. The Kier molecular flexibility index (Phi) is 3.02. The maximum atomic E-state index is 10.7. The van der Waals surface area contributed by atoms with E-state index in [1.165, 1.54) is 0 Å². The molecule has 94 valence electrons. The molecule has 0 unspecified atom stereocenters. The molecule has 0 spiro atoms. The highest BCUT2D eigenvalue weighted by atomic mass is 16.3. The first-order chi connectivity index (χ1) is 9.36. The van der Waals surface area contributed by atoms with Crippen molar-refractivity contribution >= 4 is 29.5 Å². The van der Waals surface area contributed by atoms with E-state index >= 15 is 0 Å². The van der Waals surface area contributed by atoms with Gasteiger partial charge in [0.15, 0.2) is 11.5 Å². The molecule has 0 fully saturated rings. The fraction of sp³-hybridized carbons (Fsp3) is 0.143. The van der Waals surface area contributed by atoms with Gasteiger partial charge < -0.3 is 5.32 Å². The topological polar surface area (TPSA) is 67.2 Å². The number of fused-ring (bicyclic) bond motifs is 1. The van der Waals surface area contributed by atoms with Gasteiger partial charge in [-0.15, -0.1) is 4.91 Å². The van der Waals surface area contributed by atoms with Gasteiger partial charge >= 0.3 is 0 Å². The van der Waals surface area contributed by atoms with Crippen molar-refractivity contribution in [2.45, 2.75) is 12.8 Å². The van der Waals surface area contributed by atoms with Gasteiger partial charge in [0, 0.05) is 6.20 Å². The molecule has 0 atom stereocenters. The van der Waals surface area contributed by atoms with E-state index in [0.29, 0.717) is 11.6 Å². The molecule has 1 aliphatic carbocycles. The lowest BCUT2D eigenvalue weighted by Gasteiger charge is -2.07. The van der Waals surface area contributed by atoms with Crippen LogP contribution in [0, 0.1) is 4.91 Å². The molecule has 5 nitrogen and oxygen atoms in total. The number of rotatable bonds is 3. The van der Waals surface area contributed by atoms with Crippen molar-refractivity contribution in [2.24, 2.45) is 5.18 Å². The minimum absolute atomic E-state index is 0.276. The molecule has 0 saturated heterocycles. The fourth-order valence-corrected chi connectivity index (χ4v) is 2.04. The van der Waals surface area contributed by atoms with E-state index in [9.17, 15) is 4.91 Å². The lowest BCUT2D eigenvalue weighted by Crippen LogP contribution is -2.30. The third kappa shape index (κ3) is 2.35. The van der Waals surface area contributed by atoms with Gasteiger partial charge in [-0.25, -0.2) is 9.97 Å². The molecule has 19 heavy (non-hydrogen) atoms. The number of aromatic nitrogens is 2. The second-order valence-electron chi connectivity index (χ2n) is 4.24. The highest BCUT2D eigenvalue weighted by Crippen LogP contribution is 2.23. The molecular weight excluding hydrogens is 240 g/mol. The van der Waals surface area contributed by atoms with Gasteiger partial charge in [0.2, 0.25) is 0 Å². The monoisotopic (exact) mass is 252 g/mol. The SMILES string of the molecule is O=Nc1cccnc1Nc1ccc2c(n1)=CCCC=2. The average Bonchev–Trinajstić information content (AvgIpc) is 2.48. The summed E-state index contributed by atoms with van der Waals surface area (Å²) < 4.78 is 0. The van der Waals surface area contributed by atoms with Gasteiger partial charge in [0.05, 0.1) is 5.35 Å². The number of hydrogen-bond acceptors (Lipinski definition) is 5. The van der Waals surface area contributed by atoms with Gasteiger partial charge in [-0.1, -0.05) is 12.2 Å². The average molecular weight is 252 g/mol. The minimum atomic E-state index is 0.276. The molecular formula is C14H12N4O. The zero-order chi connectivity index (χ0) is 13.1.